The number of ether oxygens (including phenoxy) is 1. The Hall–Kier alpha value is -1.01. The van der Waals surface area contributed by atoms with Gasteiger partial charge >= 0.3 is 0 Å². The van der Waals surface area contributed by atoms with Crippen LogP contribution in [0.15, 0.2) is 0 Å². The first-order valence-corrected chi connectivity index (χ1v) is 5.97. The Labute approximate surface area is 95.1 Å². The van der Waals surface area contributed by atoms with E-state index in [9.17, 15) is 0 Å². The average molecular weight is 225 g/mol. The van der Waals surface area contributed by atoms with Gasteiger partial charge in [-0.15, -0.1) is 5.10 Å². The second kappa shape index (κ2) is 5.91. The number of nitrogens with two attached hydrogens (primary N) is 1. The zero-order chi connectivity index (χ0) is 11.2. The highest BCUT2D eigenvalue weighted by Crippen LogP contribution is 2.20. The van der Waals surface area contributed by atoms with E-state index in [4.69, 9.17) is 10.5 Å². The van der Waals surface area contributed by atoms with Crippen LogP contribution in [0.3, 0.4) is 0 Å². The number of nitrogens with zero attached hydrogens (tertiary/aromatic N) is 4. The van der Waals surface area contributed by atoms with Crippen molar-refractivity contribution < 1.29 is 4.74 Å². The standard InChI is InChI=1S/C10H19N5O/c11-8-10-12-13-14-15(10)6-7-16-9-4-2-1-3-5-9/h9H,1-8,11H2. The zero-order valence-electron chi connectivity index (χ0n) is 9.51. The van der Waals surface area contributed by atoms with Crippen molar-refractivity contribution in [3.63, 3.8) is 0 Å². The van der Waals surface area contributed by atoms with Crippen molar-refractivity contribution in [2.75, 3.05) is 6.61 Å². The molecule has 0 bridgehead atoms. The van der Waals surface area contributed by atoms with Crippen molar-refractivity contribution in [1.82, 2.24) is 20.2 Å². The molecule has 1 aliphatic rings. The second-order valence-corrected chi connectivity index (χ2v) is 4.15. The van der Waals surface area contributed by atoms with Crippen LogP contribution in [0.2, 0.25) is 0 Å². The number of rotatable bonds is 5. The molecule has 1 saturated carbocycles. The van der Waals surface area contributed by atoms with Gasteiger partial charge in [-0.25, -0.2) is 4.68 Å². The Balaban J connectivity index is 1.71. The maximum atomic E-state index is 5.80. The summed E-state index contributed by atoms with van der Waals surface area (Å²) >= 11 is 0. The molecule has 16 heavy (non-hydrogen) atoms. The van der Waals surface area contributed by atoms with Gasteiger partial charge in [0.2, 0.25) is 0 Å². The van der Waals surface area contributed by atoms with E-state index < -0.39 is 0 Å². The average Bonchev–Trinajstić information content (AvgIpc) is 2.78. The smallest absolute Gasteiger partial charge is 0.164 e. The van der Waals surface area contributed by atoms with Crippen molar-refractivity contribution in [3.8, 4) is 0 Å². The van der Waals surface area contributed by atoms with Crippen LogP contribution < -0.4 is 5.73 Å². The Bertz CT molecular complexity index is 308. The monoisotopic (exact) mass is 225 g/mol. The molecule has 1 fully saturated rings. The van der Waals surface area contributed by atoms with E-state index in [1.165, 1.54) is 32.1 Å². The molecule has 1 aromatic rings. The van der Waals surface area contributed by atoms with Gasteiger partial charge in [0.25, 0.3) is 0 Å². The molecule has 0 amide bonds. The molecule has 0 spiro atoms. The third-order valence-corrected chi connectivity index (χ3v) is 3.00. The maximum Gasteiger partial charge on any atom is 0.164 e. The Morgan fingerprint density at radius 2 is 2.12 bits per heavy atom. The third-order valence-electron chi connectivity index (χ3n) is 3.00. The van der Waals surface area contributed by atoms with Gasteiger partial charge in [-0.3, -0.25) is 0 Å². The summed E-state index contributed by atoms with van der Waals surface area (Å²) in [5, 5.41) is 11.3. The van der Waals surface area contributed by atoms with E-state index >= 15 is 0 Å². The van der Waals surface area contributed by atoms with Crippen LogP contribution in [0, 0.1) is 0 Å². The molecule has 1 heterocycles. The fraction of sp³-hybridized carbons (Fsp3) is 0.900. The summed E-state index contributed by atoms with van der Waals surface area (Å²) < 4.78 is 7.51. The summed E-state index contributed by atoms with van der Waals surface area (Å²) in [6.07, 6.45) is 6.77. The summed E-state index contributed by atoms with van der Waals surface area (Å²) in [4.78, 5) is 0. The third kappa shape index (κ3) is 2.99. The number of aromatic nitrogens is 4. The largest absolute Gasteiger partial charge is 0.376 e. The minimum absolute atomic E-state index is 0.371. The Kier molecular flexibility index (Phi) is 4.24. The topological polar surface area (TPSA) is 78.9 Å². The molecule has 0 aromatic carbocycles. The second-order valence-electron chi connectivity index (χ2n) is 4.15. The van der Waals surface area contributed by atoms with Gasteiger partial charge in [-0.1, -0.05) is 19.3 Å². The van der Waals surface area contributed by atoms with E-state index in [1.807, 2.05) is 0 Å². The molecule has 1 aromatic heterocycles. The SMILES string of the molecule is NCc1nnnn1CCOC1CCCCC1. The molecule has 0 saturated heterocycles. The van der Waals surface area contributed by atoms with Crippen LogP contribution in [0.1, 0.15) is 37.9 Å². The molecular weight excluding hydrogens is 206 g/mol. The summed E-state index contributed by atoms with van der Waals surface area (Å²) in [6.45, 7) is 1.73. The highest BCUT2D eigenvalue weighted by atomic mass is 16.5. The molecule has 2 N–H and O–H groups in total. The first-order chi connectivity index (χ1) is 7.90. The van der Waals surface area contributed by atoms with Gasteiger partial charge < -0.3 is 10.5 Å². The molecule has 0 radical (unpaired) electrons. The minimum Gasteiger partial charge on any atom is -0.376 e. The van der Waals surface area contributed by atoms with E-state index in [1.54, 1.807) is 4.68 Å². The van der Waals surface area contributed by atoms with Crippen LogP contribution in [-0.2, 0) is 17.8 Å². The maximum absolute atomic E-state index is 5.80. The lowest BCUT2D eigenvalue weighted by molar-refractivity contribution is 0.0224. The van der Waals surface area contributed by atoms with E-state index in [0.717, 1.165) is 0 Å². The summed E-state index contributed by atoms with van der Waals surface area (Å²) in [6, 6.07) is 0. The summed E-state index contributed by atoms with van der Waals surface area (Å²) in [5.74, 6) is 0.715. The molecule has 2 rings (SSSR count). The van der Waals surface area contributed by atoms with E-state index in [-0.39, 0.29) is 0 Å². The van der Waals surface area contributed by atoms with Gasteiger partial charge in [-0.05, 0) is 23.3 Å². The van der Waals surface area contributed by atoms with Crippen molar-refractivity contribution >= 4 is 0 Å². The fourth-order valence-corrected chi connectivity index (χ4v) is 2.08. The number of tetrazole rings is 1. The number of hydrogen-bond acceptors (Lipinski definition) is 5. The molecular formula is C10H19N5O. The van der Waals surface area contributed by atoms with Crippen molar-refractivity contribution in [2.45, 2.75) is 51.3 Å². The lowest BCUT2D eigenvalue weighted by atomic mass is 9.98. The quantitative estimate of drug-likeness (QED) is 0.788. The Morgan fingerprint density at radius 1 is 1.31 bits per heavy atom. The minimum atomic E-state index is 0.371. The van der Waals surface area contributed by atoms with Crippen molar-refractivity contribution in [2.24, 2.45) is 5.73 Å². The van der Waals surface area contributed by atoms with Gasteiger partial charge in [0.15, 0.2) is 5.82 Å². The first kappa shape index (κ1) is 11.5. The van der Waals surface area contributed by atoms with Crippen LogP contribution in [0.25, 0.3) is 0 Å². The van der Waals surface area contributed by atoms with Crippen LogP contribution >= 0.6 is 0 Å². The Morgan fingerprint density at radius 3 is 2.88 bits per heavy atom. The zero-order valence-corrected chi connectivity index (χ0v) is 9.51. The fourth-order valence-electron chi connectivity index (χ4n) is 2.08. The van der Waals surface area contributed by atoms with Crippen LogP contribution in [0.5, 0.6) is 0 Å². The lowest BCUT2D eigenvalue weighted by Gasteiger charge is -2.21. The summed E-state index contributed by atoms with van der Waals surface area (Å²) in [5.41, 5.74) is 5.51. The number of hydrogen-bond donors (Lipinski definition) is 1. The van der Waals surface area contributed by atoms with Crippen LogP contribution in [-0.4, -0.2) is 32.9 Å². The molecule has 6 heteroatoms. The van der Waals surface area contributed by atoms with Gasteiger partial charge in [0.1, 0.15) is 0 Å². The predicted octanol–water partition coefficient (Wildman–Crippen LogP) is 0.481. The summed E-state index contributed by atoms with van der Waals surface area (Å²) in [7, 11) is 0. The van der Waals surface area contributed by atoms with E-state index in [0.29, 0.717) is 31.6 Å². The predicted molar refractivity (Wildman–Crippen MR) is 58.5 cm³/mol. The molecule has 0 aliphatic heterocycles. The van der Waals surface area contributed by atoms with Gasteiger partial charge in [-0.2, -0.15) is 0 Å². The highest BCUT2D eigenvalue weighted by Gasteiger charge is 2.13. The van der Waals surface area contributed by atoms with Crippen LogP contribution in [0.4, 0.5) is 0 Å². The molecule has 0 unspecified atom stereocenters. The molecule has 0 atom stereocenters. The van der Waals surface area contributed by atoms with Gasteiger partial charge in [0, 0.05) is 0 Å². The molecule has 6 nitrogen and oxygen atoms in total. The van der Waals surface area contributed by atoms with Gasteiger partial charge in [0.05, 0.1) is 25.8 Å². The van der Waals surface area contributed by atoms with Crippen molar-refractivity contribution in [1.29, 1.82) is 0 Å². The molecule has 1 aliphatic carbocycles. The molecule has 90 valence electrons. The normalized spacial score (nSPS) is 17.8. The highest BCUT2D eigenvalue weighted by molar-refractivity contribution is 4.77. The van der Waals surface area contributed by atoms with E-state index in [2.05, 4.69) is 15.5 Å². The first-order valence-electron chi connectivity index (χ1n) is 5.97. The lowest BCUT2D eigenvalue weighted by Crippen LogP contribution is -2.20. The van der Waals surface area contributed by atoms with Crippen molar-refractivity contribution in [3.05, 3.63) is 5.82 Å².